The molecule has 25 heavy (non-hydrogen) atoms. The van der Waals surface area contributed by atoms with Gasteiger partial charge in [-0.3, -0.25) is 14.4 Å². The molecule has 0 unspecified atom stereocenters. The summed E-state index contributed by atoms with van der Waals surface area (Å²) in [5.41, 5.74) is 0.263. The van der Waals surface area contributed by atoms with Crippen molar-refractivity contribution in [3.63, 3.8) is 0 Å². The van der Waals surface area contributed by atoms with Crippen LogP contribution >= 0.6 is 11.3 Å². The fourth-order valence-corrected chi connectivity index (χ4v) is 3.48. The second-order valence-corrected chi connectivity index (χ2v) is 6.30. The van der Waals surface area contributed by atoms with Crippen molar-refractivity contribution in [1.29, 1.82) is 0 Å². The number of para-hydroxylation sites is 1. The third-order valence-electron chi connectivity index (χ3n) is 3.68. The number of fused-ring (bicyclic) bond motifs is 1. The molecule has 0 saturated heterocycles. The number of hydrogen-bond donors (Lipinski definition) is 0. The van der Waals surface area contributed by atoms with Crippen molar-refractivity contribution < 1.29 is 13.6 Å². The number of carbonyl (C=O) groups excluding carboxylic acids is 1. The maximum Gasteiger partial charge on any atom is 0.295 e. The van der Waals surface area contributed by atoms with Crippen LogP contribution in [0.1, 0.15) is 10.6 Å². The van der Waals surface area contributed by atoms with Crippen LogP contribution in [-0.4, -0.2) is 27.2 Å². The summed E-state index contributed by atoms with van der Waals surface area (Å²) in [7, 11) is 0. The van der Waals surface area contributed by atoms with E-state index in [0.717, 1.165) is 0 Å². The highest BCUT2D eigenvalue weighted by atomic mass is 32.1. The van der Waals surface area contributed by atoms with E-state index in [1.807, 2.05) is 12.3 Å². The van der Waals surface area contributed by atoms with Gasteiger partial charge in [-0.25, -0.2) is 9.37 Å². The summed E-state index contributed by atoms with van der Waals surface area (Å²) in [6, 6.07) is 9.82. The number of nitrogens with zero attached hydrogens (tertiary/aromatic N) is 4. The molecule has 0 fully saturated rings. The van der Waals surface area contributed by atoms with Gasteiger partial charge < -0.3 is 4.42 Å². The largest absolute Gasteiger partial charge is 0.459 e. The van der Waals surface area contributed by atoms with Crippen LogP contribution in [0.4, 0.5) is 9.52 Å². The molecule has 0 radical (unpaired) electrons. The first-order valence-corrected chi connectivity index (χ1v) is 8.42. The van der Waals surface area contributed by atoms with E-state index >= 15 is 0 Å². The molecule has 0 aliphatic heterocycles. The summed E-state index contributed by atoms with van der Waals surface area (Å²) in [6.07, 6.45) is 4.93. The van der Waals surface area contributed by atoms with Crippen LogP contribution in [0.5, 0.6) is 0 Å². The lowest BCUT2D eigenvalue weighted by Crippen LogP contribution is -2.33. The number of rotatable bonds is 5. The van der Waals surface area contributed by atoms with Crippen LogP contribution in [0.2, 0.25) is 0 Å². The Morgan fingerprint density at radius 3 is 2.92 bits per heavy atom. The maximum atomic E-state index is 14.0. The highest BCUT2D eigenvalue weighted by Crippen LogP contribution is 2.31. The smallest absolute Gasteiger partial charge is 0.295 e. The molecule has 0 bridgehead atoms. The Kier molecular flexibility index (Phi) is 4.02. The molecule has 4 aromatic rings. The zero-order valence-electron chi connectivity index (χ0n) is 13.0. The van der Waals surface area contributed by atoms with Crippen LogP contribution in [0.25, 0.3) is 10.2 Å². The van der Waals surface area contributed by atoms with Gasteiger partial charge in [0.25, 0.3) is 5.91 Å². The van der Waals surface area contributed by atoms with E-state index in [2.05, 4.69) is 10.1 Å². The van der Waals surface area contributed by atoms with Crippen LogP contribution in [0.3, 0.4) is 0 Å². The number of halogens is 1. The van der Waals surface area contributed by atoms with Gasteiger partial charge in [0.1, 0.15) is 11.3 Å². The second-order valence-electron chi connectivity index (χ2n) is 5.29. The van der Waals surface area contributed by atoms with Gasteiger partial charge in [-0.1, -0.05) is 17.4 Å². The average molecular weight is 356 g/mol. The number of hydrogen-bond acceptors (Lipinski definition) is 5. The lowest BCUT2D eigenvalue weighted by molar-refractivity contribution is 0.0959. The Labute approximate surface area is 146 Å². The number of aromatic nitrogens is 3. The van der Waals surface area contributed by atoms with Gasteiger partial charge in [-0.15, -0.1) is 0 Å². The van der Waals surface area contributed by atoms with Crippen molar-refractivity contribution >= 4 is 32.6 Å². The summed E-state index contributed by atoms with van der Waals surface area (Å²) in [5, 5.41) is 4.56. The van der Waals surface area contributed by atoms with Gasteiger partial charge in [0.2, 0.25) is 0 Å². The molecule has 0 spiro atoms. The summed E-state index contributed by atoms with van der Waals surface area (Å²) in [4.78, 5) is 18.6. The zero-order valence-corrected chi connectivity index (χ0v) is 13.8. The lowest BCUT2D eigenvalue weighted by Gasteiger charge is -2.18. The van der Waals surface area contributed by atoms with E-state index in [0.29, 0.717) is 22.9 Å². The quantitative estimate of drug-likeness (QED) is 0.548. The SMILES string of the molecule is O=C(c1ccco1)N(CCn1cccn1)c1nc2c(F)cccc2s1. The zero-order chi connectivity index (χ0) is 17.2. The van der Waals surface area contributed by atoms with Gasteiger partial charge in [-0.2, -0.15) is 5.10 Å². The molecule has 3 heterocycles. The molecule has 0 N–H and O–H groups in total. The van der Waals surface area contributed by atoms with Crippen LogP contribution in [0, 0.1) is 5.82 Å². The summed E-state index contributed by atoms with van der Waals surface area (Å²) in [5.74, 6) is -0.519. The van der Waals surface area contributed by atoms with Gasteiger partial charge in [0.15, 0.2) is 10.9 Å². The molecule has 3 aromatic heterocycles. The minimum atomic E-state index is -0.405. The Bertz CT molecular complexity index is 995. The minimum Gasteiger partial charge on any atom is -0.459 e. The first-order valence-electron chi connectivity index (χ1n) is 7.60. The third-order valence-corrected chi connectivity index (χ3v) is 4.72. The normalized spacial score (nSPS) is 11.1. The summed E-state index contributed by atoms with van der Waals surface area (Å²) >= 11 is 1.26. The molecular formula is C17H13FN4O2S. The maximum absolute atomic E-state index is 14.0. The van der Waals surface area contributed by atoms with Gasteiger partial charge in [0, 0.05) is 18.9 Å². The Hall–Kier alpha value is -3.00. The number of benzene rings is 1. The molecule has 8 heteroatoms. The predicted molar refractivity (Wildman–Crippen MR) is 92.2 cm³/mol. The van der Waals surface area contributed by atoms with Crippen molar-refractivity contribution in [2.45, 2.75) is 6.54 Å². The van der Waals surface area contributed by atoms with E-state index in [4.69, 9.17) is 4.42 Å². The number of furan rings is 1. The fourth-order valence-electron chi connectivity index (χ4n) is 2.47. The lowest BCUT2D eigenvalue weighted by atomic mass is 10.3. The molecule has 0 atom stereocenters. The van der Waals surface area contributed by atoms with Crippen molar-refractivity contribution in [2.75, 3.05) is 11.4 Å². The third kappa shape index (κ3) is 3.03. The Morgan fingerprint density at radius 1 is 1.28 bits per heavy atom. The van der Waals surface area contributed by atoms with Crippen molar-refractivity contribution in [3.05, 3.63) is 66.6 Å². The molecule has 6 nitrogen and oxygen atoms in total. The van der Waals surface area contributed by atoms with Crippen LogP contribution in [0.15, 0.2) is 59.5 Å². The van der Waals surface area contributed by atoms with E-state index in [1.54, 1.807) is 35.1 Å². The molecule has 0 aliphatic rings. The van der Waals surface area contributed by atoms with E-state index in [-0.39, 0.29) is 17.2 Å². The first kappa shape index (κ1) is 15.5. The fraction of sp³-hybridized carbons (Fsp3) is 0.118. The number of carbonyl (C=O) groups is 1. The Balaban J connectivity index is 1.70. The number of amides is 1. The van der Waals surface area contributed by atoms with E-state index < -0.39 is 5.82 Å². The summed E-state index contributed by atoms with van der Waals surface area (Å²) < 4.78 is 21.6. The molecule has 0 saturated carbocycles. The highest BCUT2D eigenvalue weighted by molar-refractivity contribution is 7.22. The monoisotopic (exact) mass is 356 g/mol. The second kappa shape index (κ2) is 6.48. The molecule has 1 aromatic carbocycles. The van der Waals surface area contributed by atoms with Crippen molar-refractivity contribution in [2.24, 2.45) is 0 Å². The van der Waals surface area contributed by atoms with Crippen molar-refractivity contribution in [1.82, 2.24) is 14.8 Å². The molecule has 4 rings (SSSR count). The number of thiazole rings is 1. The van der Waals surface area contributed by atoms with Gasteiger partial charge in [-0.05, 0) is 30.3 Å². The van der Waals surface area contributed by atoms with Gasteiger partial charge >= 0.3 is 0 Å². The highest BCUT2D eigenvalue weighted by Gasteiger charge is 2.23. The molecular weight excluding hydrogens is 343 g/mol. The van der Waals surface area contributed by atoms with Gasteiger partial charge in [0.05, 0.1) is 17.5 Å². The molecule has 126 valence electrons. The molecule has 1 amide bonds. The topological polar surface area (TPSA) is 64.2 Å². The predicted octanol–water partition coefficient (Wildman–Crippen LogP) is 3.57. The average Bonchev–Trinajstić information content (AvgIpc) is 3.36. The first-order chi connectivity index (χ1) is 12.2. The summed E-state index contributed by atoms with van der Waals surface area (Å²) in [6.45, 7) is 0.820. The van der Waals surface area contributed by atoms with E-state index in [9.17, 15) is 9.18 Å². The standard InChI is InChI=1S/C17H13FN4O2S/c18-12-4-1-6-14-15(12)20-17(25-14)22(10-9-21-8-3-7-19-21)16(23)13-5-2-11-24-13/h1-8,11H,9-10H2. The minimum absolute atomic E-state index is 0.209. The number of anilines is 1. The van der Waals surface area contributed by atoms with Crippen molar-refractivity contribution in [3.8, 4) is 0 Å². The van der Waals surface area contributed by atoms with E-state index in [1.165, 1.54) is 28.6 Å². The van der Waals surface area contributed by atoms with Crippen LogP contribution < -0.4 is 4.90 Å². The Morgan fingerprint density at radius 2 is 2.20 bits per heavy atom. The van der Waals surface area contributed by atoms with Crippen LogP contribution in [-0.2, 0) is 6.54 Å². The molecule has 0 aliphatic carbocycles.